The fourth-order valence-electron chi connectivity index (χ4n) is 2.30. The largest absolute Gasteiger partial charge is 0.481 e. The van der Waals surface area contributed by atoms with Gasteiger partial charge in [0, 0.05) is 25.5 Å². The van der Waals surface area contributed by atoms with Crippen LogP contribution in [0.2, 0.25) is 0 Å². The van der Waals surface area contributed by atoms with Crippen LogP contribution in [0.25, 0.3) is 0 Å². The molecule has 1 saturated heterocycles. The zero-order chi connectivity index (χ0) is 13.7. The third kappa shape index (κ3) is 3.30. The lowest BCUT2D eigenvalue weighted by Gasteiger charge is -2.31. The fraction of sp³-hybridized carbons (Fsp3) is 0.571. The van der Waals surface area contributed by atoms with Crippen LogP contribution in [0.4, 0.5) is 0 Å². The van der Waals surface area contributed by atoms with E-state index < -0.39 is 11.4 Å². The Morgan fingerprint density at radius 2 is 2.05 bits per heavy atom. The molecule has 1 atom stereocenters. The van der Waals surface area contributed by atoms with Gasteiger partial charge in [0.2, 0.25) is 0 Å². The molecule has 0 bridgehead atoms. The first-order valence-electron chi connectivity index (χ1n) is 6.57. The molecule has 0 amide bonds. The summed E-state index contributed by atoms with van der Waals surface area (Å²) >= 11 is 0. The molecule has 0 spiro atoms. The summed E-state index contributed by atoms with van der Waals surface area (Å²) in [6.45, 7) is 5.79. The summed E-state index contributed by atoms with van der Waals surface area (Å²) in [5.74, 6) is -0.785. The molecular weight excluding hydrogens is 244 g/mol. The molecule has 5 heteroatoms. The Labute approximate surface area is 113 Å². The van der Waals surface area contributed by atoms with Crippen molar-refractivity contribution in [2.75, 3.05) is 32.8 Å². The van der Waals surface area contributed by atoms with Crippen LogP contribution in [0.5, 0.6) is 0 Å². The number of aliphatic carboxylic acids is 1. The van der Waals surface area contributed by atoms with Crippen molar-refractivity contribution in [3.63, 3.8) is 0 Å². The van der Waals surface area contributed by atoms with Crippen molar-refractivity contribution in [1.82, 2.24) is 9.88 Å². The lowest BCUT2D eigenvalue weighted by molar-refractivity contribution is -0.143. The molecule has 0 radical (unpaired) electrons. The van der Waals surface area contributed by atoms with E-state index >= 15 is 0 Å². The summed E-state index contributed by atoms with van der Waals surface area (Å²) in [5.41, 5.74) is -0.0513. The summed E-state index contributed by atoms with van der Waals surface area (Å²) in [4.78, 5) is 17.8. The Kier molecular flexibility index (Phi) is 4.50. The molecule has 1 unspecified atom stereocenters. The zero-order valence-electron chi connectivity index (χ0n) is 11.2. The highest BCUT2D eigenvalue weighted by atomic mass is 16.5. The number of carbonyl (C=O) groups is 1. The van der Waals surface area contributed by atoms with Crippen molar-refractivity contribution in [1.29, 1.82) is 0 Å². The Balaban J connectivity index is 2.05. The van der Waals surface area contributed by atoms with Crippen LogP contribution >= 0.6 is 0 Å². The van der Waals surface area contributed by atoms with Crippen molar-refractivity contribution in [3.8, 4) is 0 Å². The third-order valence-corrected chi connectivity index (χ3v) is 3.82. The van der Waals surface area contributed by atoms with E-state index in [2.05, 4.69) is 9.88 Å². The SMILES string of the molecule is CC(CCN1CCOCC1)(C(=O)O)c1ccncc1. The second kappa shape index (κ2) is 6.12. The summed E-state index contributed by atoms with van der Waals surface area (Å²) in [6, 6.07) is 3.57. The van der Waals surface area contributed by atoms with Crippen LogP contribution in [-0.2, 0) is 14.9 Å². The van der Waals surface area contributed by atoms with Crippen LogP contribution in [0.3, 0.4) is 0 Å². The van der Waals surface area contributed by atoms with E-state index in [9.17, 15) is 9.90 Å². The van der Waals surface area contributed by atoms with Crippen LogP contribution in [0.15, 0.2) is 24.5 Å². The number of ether oxygens (including phenoxy) is 1. The molecule has 1 aromatic heterocycles. The van der Waals surface area contributed by atoms with Gasteiger partial charge in [0.25, 0.3) is 0 Å². The van der Waals surface area contributed by atoms with Gasteiger partial charge < -0.3 is 9.84 Å². The van der Waals surface area contributed by atoms with Crippen molar-refractivity contribution in [2.24, 2.45) is 0 Å². The lowest BCUT2D eigenvalue weighted by atomic mass is 9.80. The molecule has 0 saturated carbocycles. The van der Waals surface area contributed by atoms with Gasteiger partial charge in [-0.05, 0) is 37.6 Å². The molecule has 1 aliphatic rings. The Morgan fingerprint density at radius 1 is 1.42 bits per heavy atom. The number of hydrogen-bond acceptors (Lipinski definition) is 4. The summed E-state index contributed by atoms with van der Waals surface area (Å²) in [5, 5.41) is 9.55. The molecular formula is C14H20N2O3. The quantitative estimate of drug-likeness (QED) is 0.864. The fourth-order valence-corrected chi connectivity index (χ4v) is 2.30. The molecule has 104 valence electrons. The first-order valence-corrected chi connectivity index (χ1v) is 6.57. The Hall–Kier alpha value is -1.46. The molecule has 0 aliphatic carbocycles. The molecule has 19 heavy (non-hydrogen) atoms. The van der Waals surface area contributed by atoms with Gasteiger partial charge in [-0.3, -0.25) is 14.7 Å². The predicted molar refractivity (Wildman–Crippen MR) is 71.1 cm³/mol. The van der Waals surface area contributed by atoms with Crippen molar-refractivity contribution < 1.29 is 14.6 Å². The highest BCUT2D eigenvalue weighted by molar-refractivity contribution is 5.80. The van der Waals surface area contributed by atoms with Gasteiger partial charge in [-0.2, -0.15) is 0 Å². The van der Waals surface area contributed by atoms with Crippen LogP contribution in [0.1, 0.15) is 18.9 Å². The van der Waals surface area contributed by atoms with Gasteiger partial charge in [0.15, 0.2) is 0 Å². The Morgan fingerprint density at radius 3 is 2.63 bits per heavy atom. The zero-order valence-corrected chi connectivity index (χ0v) is 11.2. The molecule has 1 N–H and O–H groups in total. The number of carboxylic acid groups (broad SMARTS) is 1. The van der Waals surface area contributed by atoms with E-state index in [1.807, 2.05) is 0 Å². The van der Waals surface area contributed by atoms with Crippen LogP contribution < -0.4 is 0 Å². The highest BCUT2D eigenvalue weighted by Gasteiger charge is 2.35. The second-order valence-corrected chi connectivity index (χ2v) is 5.08. The minimum atomic E-state index is -0.860. The third-order valence-electron chi connectivity index (χ3n) is 3.82. The minimum absolute atomic E-state index is 0.590. The van der Waals surface area contributed by atoms with Gasteiger partial charge in [-0.25, -0.2) is 0 Å². The van der Waals surface area contributed by atoms with Crippen molar-refractivity contribution >= 4 is 5.97 Å². The van der Waals surface area contributed by atoms with E-state index in [-0.39, 0.29) is 0 Å². The maximum atomic E-state index is 11.6. The van der Waals surface area contributed by atoms with E-state index in [0.717, 1.165) is 38.4 Å². The first-order chi connectivity index (χ1) is 9.13. The molecule has 0 aromatic carbocycles. The van der Waals surface area contributed by atoms with Gasteiger partial charge in [-0.15, -0.1) is 0 Å². The maximum absolute atomic E-state index is 11.6. The normalized spacial score (nSPS) is 19.8. The lowest BCUT2D eigenvalue weighted by Crippen LogP contribution is -2.41. The highest BCUT2D eigenvalue weighted by Crippen LogP contribution is 2.28. The number of hydrogen-bond donors (Lipinski definition) is 1. The Bertz CT molecular complexity index is 418. The van der Waals surface area contributed by atoms with Crippen molar-refractivity contribution in [3.05, 3.63) is 30.1 Å². The van der Waals surface area contributed by atoms with E-state index in [1.54, 1.807) is 31.5 Å². The molecule has 1 aromatic rings. The topological polar surface area (TPSA) is 62.7 Å². The minimum Gasteiger partial charge on any atom is -0.481 e. The van der Waals surface area contributed by atoms with E-state index in [0.29, 0.717) is 6.42 Å². The number of carboxylic acids is 1. The van der Waals surface area contributed by atoms with E-state index in [1.165, 1.54) is 0 Å². The summed E-state index contributed by atoms with van der Waals surface area (Å²) in [7, 11) is 0. The predicted octanol–water partition coefficient (Wildman–Crippen LogP) is 1.15. The number of nitrogens with zero attached hydrogens (tertiary/aromatic N) is 2. The average Bonchev–Trinajstić information content (AvgIpc) is 2.46. The van der Waals surface area contributed by atoms with Gasteiger partial charge in [0.1, 0.15) is 0 Å². The molecule has 1 aliphatic heterocycles. The monoisotopic (exact) mass is 264 g/mol. The average molecular weight is 264 g/mol. The van der Waals surface area contributed by atoms with Crippen LogP contribution in [0, 0.1) is 0 Å². The number of morpholine rings is 1. The van der Waals surface area contributed by atoms with E-state index in [4.69, 9.17) is 4.74 Å². The molecule has 1 fully saturated rings. The van der Waals surface area contributed by atoms with Gasteiger partial charge in [-0.1, -0.05) is 0 Å². The summed E-state index contributed by atoms with van der Waals surface area (Å²) < 4.78 is 5.30. The summed E-state index contributed by atoms with van der Waals surface area (Å²) in [6.07, 6.45) is 3.88. The maximum Gasteiger partial charge on any atom is 0.313 e. The first kappa shape index (κ1) is 14.0. The number of aromatic nitrogens is 1. The van der Waals surface area contributed by atoms with Gasteiger partial charge in [0.05, 0.1) is 18.6 Å². The van der Waals surface area contributed by atoms with Crippen molar-refractivity contribution in [2.45, 2.75) is 18.8 Å². The van der Waals surface area contributed by atoms with Crippen LogP contribution in [-0.4, -0.2) is 53.8 Å². The van der Waals surface area contributed by atoms with Gasteiger partial charge >= 0.3 is 5.97 Å². The second-order valence-electron chi connectivity index (χ2n) is 5.08. The standard InChI is InChI=1S/C14H20N2O3/c1-14(13(17)18,12-2-5-15-6-3-12)4-7-16-8-10-19-11-9-16/h2-3,5-6H,4,7-11H2,1H3,(H,17,18). The molecule has 5 nitrogen and oxygen atoms in total. The molecule has 2 heterocycles. The smallest absolute Gasteiger partial charge is 0.313 e. The molecule has 2 rings (SSSR count). The number of rotatable bonds is 5. The number of pyridine rings is 1.